The monoisotopic (exact) mass is 533 g/mol. The van der Waals surface area contributed by atoms with Crippen molar-refractivity contribution in [1.82, 2.24) is 9.99 Å². The van der Waals surface area contributed by atoms with Crippen molar-refractivity contribution in [2.75, 3.05) is 21.3 Å². The van der Waals surface area contributed by atoms with Crippen LogP contribution in [0, 0.1) is 0 Å². The smallest absolute Gasteiger partial charge is 0.241 e. The van der Waals surface area contributed by atoms with E-state index in [0.29, 0.717) is 29.4 Å². The number of aryl methyl sites for hydroxylation is 1. The van der Waals surface area contributed by atoms with Gasteiger partial charge in [0, 0.05) is 41.1 Å². The van der Waals surface area contributed by atoms with Crippen molar-refractivity contribution in [3.8, 4) is 39.6 Å². The number of carbonyl (C=O) groups is 1. The molecule has 0 aliphatic rings. The van der Waals surface area contributed by atoms with E-state index in [1.54, 1.807) is 33.5 Å². The lowest BCUT2D eigenvalue weighted by atomic mass is 9.98. The lowest BCUT2D eigenvalue weighted by Crippen LogP contribution is -2.19. The molecule has 1 heterocycles. The van der Waals surface area contributed by atoms with Gasteiger partial charge < -0.3 is 18.8 Å². The van der Waals surface area contributed by atoms with Crippen molar-refractivity contribution < 1.29 is 19.0 Å². The molecule has 0 spiro atoms. The van der Waals surface area contributed by atoms with E-state index in [9.17, 15) is 4.79 Å². The van der Waals surface area contributed by atoms with E-state index < -0.39 is 0 Å². The van der Waals surface area contributed by atoms with Gasteiger partial charge in [-0.2, -0.15) is 5.10 Å². The summed E-state index contributed by atoms with van der Waals surface area (Å²) in [7, 11) is 4.68. The second-order valence-corrected chi connectivity index (χ2v) is 9.12. The highest BCUT2D eigenvalue weighted by atomic mass is 16.5. The highest BCUT2D eigenvalue weighted by Crippen LogP contribution is 2.41. The van der Waals surface area contributed by atoms with Gasteiger partial charge in [0.1, 0.15) is 5.75 Å². The molecular weight excluding hydrogens is 502 g/mol. The van der Waals surface area contributed by atoms with Gasteiger partial charge in [-0.25, -0.2) is 5.43 Å². The molecule has 0 fully saturated rings. The number of rotatable bonds is 10. The van der Waals surface area contributed by atoms with Gasteiger partial charge in [0.15, 0.2) is 11.5 Å². The highest BCUT2D eigenvalue weighted by molar-refractivity contribution is 6.04. The maximum atomic E-state index is 12.9. The number of fused-ring (bicyclic) bond motifs is 1. The number of amides is 1. The van der Waals surface area contributed by atoms with Crippen molar-refractivity contribution in [2.24, 2.45) is 5.10 Å². The molecule has 202 valence electrons. The van der Waals surface area contributed by atoms with Gasteiger partial charge in [0.2, 0.25) is 5.91 Å². The predicted octanol–water partition coefficient (Wildman–Crippen LogP) is 6.54. The summed E-state index contributed by atoms with van der Waals surface area (Å²) in [5, 5.41) is 5.32. The number of nitrogens with one attached hydrogen (secondary N) is 1. The van der Waals surface area contributed by atoms with Crippen molar-refractivity contribution in [1.29, 1.82) is 0 Å². The zero-order valence-corrected chi connectivity index (χ0v) is 22.8. The average molecular weight is 534 g/mol. The Hall–Kier alpha value is -5.04. The van der Waals surface area contributed by atoms with Crippen molar-refractivity contribution >= 4 is 23.0 Å². The van der Waals surface area contributed by atoms with Crippen LogP contribution in [-0.4, -0.2) is 38.0 Å². The van der Waals surface area contributed by atoms with Crippen LogP contribution in [0.2, 0.25) is 0 Å². The SMILES string of the molecule is COc1cc(OC)c(OC)cc1/C=N/NC(=O)CCn1c(-c2ccccc2)c(-c2ccccc2)c2ccccc21. The molecule has 0 aliphatic heterocycles. The third-order valence-corrected chi connectivity index (χ3v) is 6.77. The molecule has 40 heavy (non-hydrogen) atoms. The first-order chi connectivity index (χ1) is 19.6. The second-order valence-electron chi connectivity index (χ2n) is 9.12. The lowest BCUT2D eigenvalue weighted by Gasteiger charge is -2.13. The van der Waals surface area contributed by atoms with Gasteiger partial charge in [-0.15, -0.1) is 0 Å². The number of hydrogen-bond acceptors (Lipinski definition) is 5. The number of hydrogen-bond donors (Lipinski definition) is 1. The standard InChI is InChI=1S/C33H31N3O4/c1-38-28-21-30(40-3)29(39-2)20-25(28)22-34-35-31(37)18-19-36-27-17-11-10-16-26(27)32(23-12-6-4-7-13-23)33(36)24-14-8-5-9-15-24/h4-17,20-22H,18-19H2,1-3H3,(H,35,37)/b34-22+. The van der Waals surface area contributed by atoms with Crippen molar-refractivity contribution in [2.45, 2.75) is 13.0 Å². The first kappa shape index (κ1) is 26.6. The van der Waals surface area contributed by atoms with Gasteiger partial charge >= 0.3 is 0 Å². The number of methoxy groups -OCH3 is 3. The van der Waals surface area contributed by atoms with Crippen molar-refractivity contribution in [3.05, 3.63) is 103 Å². The number of nitrogens with zero attached hydrogens (tertiary/aromatic N) is 2. The van der Waals surface area contributed by atoms with E-state index in [1.807, 2.05) is 30.3 Å². The summed E-state index contributed by atoms with van der Waals surface area (Å²) in [5.74, 6) is 1.44. The van der Waals surface area contributed by atoms with Crippen LogP contribution in [-0.2, 0) is 11.3 Å². The van der Waals surface area contributed by atoms with Gasteiger partial charge in [-0.05, 0) is 23.3 Å². The number of para-hydroxylation sites is 1. The summed E-state index contributed by atoms with van der Waals surface area (Å²) in [5.41, 5.74) is 8.84. The molecule has 7 heteroatoms. The molecule has 1 N–H and O–H groups in total. The molecule has 0 bridgehead atoms. The highest BCUT2D eigenvalue weighted by Gasteiger charge is 2.20. The number of hydrazone groups is 1. The molecule has 0 radical (unpaired) electrons. The van der Waals surface area contributed by atoms with Crippen LogP contribution in [0.25, 0.3) is 33.3 Å². The summed E-state index contributed by atoms with van der Waals surface area (Å²) in [4.78, 5) is 12.9. The third-order valence-electron chi connectivity index (χ3n) is 6.77. The summed E-state index contributed by atoms with van der Waals surface area (Å²) in [6.07, 6.45) is 1.78. The fourth-order valence-corrected chi connectivity index (χ4v) is 4.93. The Morgan fingerprint density at radius 2 is 1.38 bits per heavy atom. The molecule has 5 aromatic rings. The van der Waals surface area contributed by atoms with Crippen LogP contribution in [0.4, 0.5) is 0 Å². The summed E-state index contributed by atoms with van der Waals surface area (Å²) in [6, 6.07) is 32.5. The molecule has 4 aromatic carbocycles. The van der Waals surface area contributed by atoms with Crippen LogP contribution >= 0.6 is 0 Å². The Labute approximate surface area is 233 Å². The Morgan fingerprint density at radius 3 is 2.05 bits per heavy atom. The van der Waals surface area contributed by atoms with Crippen LogP contribution in [0.5, 0.6) is 17.2 Å². The zero-order chi connectivity index (χ0) is 27.9. The fourth-order valence-electron chi connectivity index (χ4n) is 4.93. The molecule has 0 atom stereocenters. The molecule has 1 aromatic heterocycles. The number of ether oxygens (including phenoxy) is 3. The van der Waals surface area contributed by atoms with E-state index in [0.717, 1.165) is 33.3 Å². The van der Waals surface area contributed by atoms with E-state index in [4.69, 9.17) is 14.2 Å². The molecule has 5 rings (SSSR count). The minimum absolute atomic E-state index is 0.200. The zero-order valence-electron chi connectivity index (χ0n) is 22.8. The Morgan fingerprint density at radius 1 is 0.775 bits per heavy atom. The fraction of sp³-hybridized carbons (Fsp3) is 0.152. The lowest BCUT2D eigenvalue weighted by molar-refractivity contribution is -0.121. The molecule has 0 unspecified atom stereocenters. The average Bonchev–Trinajstić information content (AvgIpc) is 3.34. The second kappa shape index (κ2) is 12.2. The normalized spacial score (nSPS) is 11.1. The molecule has 0 aliphatic carbocycles. The van der Waals surface area contributed by atoms with Crippen molar-refractivity contribution in [3.63, 3.8) is 0 Å². The number of benzene rings is 4. The summed E-state index contributed by atoms with van der Waals surface area (Å²) >= 11 is 0. The first-order valence-electron chi connectivity index (χ1n) is 13.0. The Kier molecular flexibility index (Phi) is 8.11. The van der Waals surface area contributed by atoms with E-state index >= 15 is 0 Å². The molecule has 1 amide bonds. The molecular formula is C33H31N3O4. The van der Waals surface area contributed by atoms with Crippen LogP contribution < -0.4 is 19.6 Å². The van der Waals surface area contributed by atoms with Gasteiger partial charge in [0.05, 0.1) is 33.2 Å². The quantitative estimate of drug-likeness (QED) is 0.163. The van der Waals surface area contributed by atoms with Crippen LogP contribution in [0.1, 0.15) is 12.0 Å². The molecule has 0 saturated carbocycles. The van der Waals surface area contributed by atoms with E-state index in [1.165, 1.54) is 6.21 Å². The van der Waals surface area contributed by atoms with Gasteiger partial charge in [-0.3, -0.25) is 4.79 Å². The molecule has 7 nitrogen and oxygen atoms in total. The Balaban J connectivity index is 1.43. The predicted molar refractivity (Wildman–Crippen MR) is 159 cm³/mol. The first-order valence-corrected chi connectivity index (χ1v) is 13.0. The van der Waals surface area contributed by atoms with Crippen LogP contribution in [0.3, 0.4) is 0 Å². The molecule has 0 saturated heterocycles. The summed E-state index contributed by atoms with van der Waals surface area (Å²) in [6.45, 7) is 0.485. The Bertz CT molecular complexity index is 1640. The maximum Gasteiger partial charge on any atom is 0.241 e. The minimum Gasteiger partial charge on any atom is -0.496 e. The van der Waals surface area contributed by atoms with Crippen LogP contribution in [0.15, 0.2) is 102 Å². The van der Waals surface area contributed by atoms with E-state index in [-0.39, 0.29) is 12.3 Å². The van der Waals surface area contributed by atoms with E-state index in [2.05, 4.69) is 69.7 Å². The largest absolute Gasteiger partial charge is 0.496 e. The maximum absolute atomic E-state index is 12.9. The number of carbonyl (C=O) groups excluding carboxylic acids is 1. The topological polar surface area (TPSA) is 74.1 Å². The number of aromatic nitrogens is 1. The van der Waals surface area contributed by atoms with Gasteiger partial charge in [0.25, 0.3) is 0 Å². The third kappa shape index (κ3) is 5.40. The minimum atomic E-state index is -0.200. The van der Waals surface area contributed by atoms with Gasteiger partial charge in [-0.1, -0.05) is 78.9 Å². The summed E-state index contributed by atoms with van der Waals surface area (Å²) < 4.78 is 18.4.